The van der Waals surface area contributed by atoms with Crippen LogP contribution in [0.1, 0.15) is 54.9 Å². The van der Waals surface area contributed by atoms with Gasteiger partial charge in [-0.3, -0.25) is 0 Å². The fourth-order valence-electron chi connectivity index (χ4n) is 4.38. The summed E-state index contributed by atoms with van der Waals surface area (Å²) in [5.41, 5.74) is 1.02. The molecule has 1 aromatic heterocycles. The predicted octanol–water partition coefficient (Wildman–Crippen LogP) is 7.02. The van der Waals surface area contributed by atoms with Crippen LogP contribution in [0.3, 0.4) is 0 Å². The SMILES string of the molecule is C#CC(C)(OC(=O)c1cccc(-[s+]2cc(C)c3ccccc32)c1)C1CCCCC1. The van der Waals surface area contributed by atoms with Gasteiger partial charge in [0.1, 0.15) is 5.38 Å². The molecule has 0 bridgehead atoms. The lowest BCUT2D eigenvalue weighted by atomic mass is 9.78. The van der Waals surface area contributed by atoms with E-state index in [0.717, 1.165) is 30.6 Å². The second-order valence-corrected chi connectivity index (χ2v) is 9.96. The van der Waals surface area contributed by atoms with Gasteiger partial charge in [-0.05, 0) is 51.0 Å². The first-order valence-electron chi connectivity index (χ1n) is 10.3. The van der Waals surface area contributed by atoms with E-state index in [-0.39, 0.29) is 22.4 Å². The summed E-state index contributed by atoms with van der Waals surface area (Å²) in [7, 11) is -0.162. The molecule has 1 aliphatic rings. The Morgan fingerprint density at radius 3 is 2.66 bits per heavy atom. The number of terminal acetylenes is 1. The lowest BCUT2D eigenvalue weighted by Crippen LogP contribution is -2.39. The summed E-state index contributed by atoms with van der Waals surface area (Å²) in [5, 5.41) is 3.59. The molecule has 0 amide bonds. The minimum Gasteiger partial charge on any atom is -0.442 e. The molecule has 1 saturated carbocycles. The van der Waals surface area contributed by atoms with Crippen LogP contribution in [-0.4, -0.2) is 11.6 Å². The number of thiophene rings is 1. The monoisotopic (exact) mass is 403 g/mol. The normalized spacial score (nSPS) is 17.5. The molecule has 2 aromatic carbocycles. The van der Waals surface area contributed by atoms with Gasteiger partial charge in [-0.15, -0.1) is 6.42 Å². The van der Waals surface area contributed by atoms with E-state index < -0.39 is 5.60 Å². The molecule has 1 heterocycles. The Labute approximate surface area is 175 Å². The number of ether oxygens (including phenoxy) is 1. The second kappa shape index (κ2) is 8.05. The van der Waals surface area contributed by atoms with E-state index in [0.29, 0.717) is 5.56 Å². The highest BCUT2D eigenvalue weighted by Crippen LogP contribution is 2.42. The highest BCUT2D eigenvalue weighted by atomic mass is 32.2. The third-order valence-electron chi connectivity index (χ3n) is 6.14. The maximum Gasteiger partial charge on any atom is 0.339 e. The lowest BCUT2D eigenvalue weighted by molar-refractivity contribution is -0.0168. The van der Waals surface area contributed by atoms with Crippen molar-refractivity contribution in [1.29, 1.82) is 0 Å². The highest BCUT2D eigenvalue weighted by Gasteiger charge is 2.37. The standard InChI is InChI=1S/C26H27O2S/c1-4-26(3,21-12-6-5-7-13-21)28-25(27)20-11-10-14-22(17-20)29-18-19(2)23-15-8-9-16-24(23)29/h1,8-11,14-18,21H,5-7,12-13H2,2-3H3/q+1. The van der Waals surface area contributed by atoms with Crippen molar-refractivity contribution in [3.05, 3.63) is 65.0 Å². The van der Waals surface area contributed by atoms with Crippen LogP contribution in [0, 0.1) is 25.2 Å². The van der Waals surface area contributed by atoms with Crippen molar-refractivity contribution in [3.63, 3.8) is 0 Å². The molecule has 2 unspecified atom stereocenters. The van der Waals surface area contributed by atoms with Crippen molar-refractivity contribution in [2.45, 2.75) is 51.6 Å². The number of benzene rings is 2. The van der Waals surface area contributed by atoms with E-state index in [2.05, 4.69) is 48.6 Å². The molecule has 4 rings (SSSR count). The average molecular weight is 404 g/mol. The molecule has 0 spiro atoms. The zero-order valence-corrected chi connectivity index (χ0v) is 17.9. The zero-order chi connectivity index (χ0) is 20.4. The van der Waals surface area contributed by atoms with Crippen LogP contribution in [-0.2, 0) is 4.74 Å². The van der Waals surface area contributed by atoms with Crippen molar-refractivity contribution in [1.82, 2.24) is 0 Å². The minimum atomic E-state index is -0.841. The Kier molecular flexibility index (Phi) is 5.48. The van der Waals surface area contributed by atoms with Crippen molar-refractivity contribution in [2.75, 3.05) is 0 Å². The van der Waals surface area contributed by atoms with Crippen LogP contribution in [0.25, 0.3) is 15.0 Å². The molecule has 148 valence electrons. The van der Waals surface area contributed by atoms with Crippen LogP contribution in [0.15, 0.2) is 53.9 Å². The molecule has 0 N–H and O–H groups in total. The van der Waals surface area contributed by atoms with Crippen LogP contribution >= 0.6 is 10.5 Å². The Bertz CT molecular complexity index is 1080. The topological polar surface area (TPSA) is 26.3 Å². The Hall–Kier alpha value is -2.57. The molecule has 0 aliphatic heterocycles. The van der Waals surface area contributed by atoms with Gasteiger partial charge in [-0.2, -0.15) is 0 Å². The quantitative estimate of drug-likeness (QED) is 0.266. The number of aryl methyl sites for hydroxylation is 1. The van der Waals surface area contributed by atoms with Crippen molar-refractivity contribution < 1.29 is 9.53 Å². The second-order valence-electron chi connectivity index (χ2n) is 8.14. The lowest BCUT2D eigenvalue weighted by Gasteiger charge is -2.35. The van der Waals surface area contributed by atoms with Crippen molar-refractivity contribution in [2.24, 2.45) is 5.92 Å². The van der Waals surface area contributed by atoms with E-state index >= 15 is 0 Å². The minimum absolute atomic E-state index is 0.162. The molecule has 3 aromatic rings. The fraction of sp³-hybridized carbons (Fsp3) is 0.346. The van der Waals surface area contributed by atoms with E-state index in [1.165, 1.54) is 22.1 Å². The van der Waals surface area contributed by atoms with Crippen molar-refractivity contribution in [3.8, 4) is 17.2 Å². The summed E-state index contributed by atoms with van der Waals surface area (Å²) in [6.45, 7) is 4.04. The summed E-state index contributed by atoms with van der Waals surface area (Å²) < 4.78 is 7.24. The maximum atomic E-state index is 13.0. The van der Waals surface area contributed by atoms with E-state index in [1.54, 1.807) is 0 Å². The summed E-state index contributed by atoms with van der Waals surface area (Å²) in [6.07, 6.45) is 11.4. The Balaban J connectivity index is 1.63. The number of rotatable bonds is 4. The summed E-state index contributed by atoms with van der Waals surface area (Å²) in [4.78, 5) is 14.1. The van der Waals surface area contributed by atoms with Crippen LogP contribution in [0.4, 0.5) is 0 Å². The van der Waals surface area contributed by atoms with Gasteiger partial charge < -0.3 is 4.74 Å². The molecular weight excluding hydrogens is 376 g/mol. The first-order valence-corrected chi connectivity index (χ1v) is 11.6. The molecular formula is C26H27O2S+. The smallest absolute Gasteiger partial charge is 0.339 e. The average Bonchev–Trinajstić information content (AvgIpc) is 3.11. The maximum absolute atomic E-state index is 13.0. The number of esters is 1. The first-order chi connectivity index (χ1) is 14.0. The zero-order valence-electron chi connectivity index (χ0n) is 17.1. The van der Waals surface area contributed by atoms with Gasteiger partial charge in [0, 0.05) is 33.4 Å². The summed E-state index contributed by atoms with van der Waals surface area (Å²) >= 11 is 0. The summed E-state index contributed by atoms with van der Waals surface area (Å²) in [5.74, 6) is 2.70. The van der Waals surface area contributed by atoms with Crippen LogP contribution < -0.4 is 0 Å². The molecule has 29 heavy (non-hydrogen) atoms. The van der Waals surface area contributed by atoms with Gasteiger partial charge in [-0.25, -0.2) is 4.79 Å². The van der Waals surface area contributed by atoms with Gasteiger partial charge in [-0.1, -0.05) is 43.4 Å². The van der Waals surface area contributed by atoms with Crippen LogP contribution in [0.5, 0.6) is 0 Å². The predicted molar refractivity (Wildman–Crippen MR) is 122 cm³/mol. The van der Waals surface area contributed by atoms with Gasteiger partial charge in [0.15, 0.2) is 15.2 Å². The molecule has 3 heteroatoms. The number of fused-ring (bicyclic) bond motifs is 1. The largest absolute Gasteiger partial charge is 0.442 e. The van der Waals surface area contributed by atoms with Crippen molar-refractivity contribution >= 4 is 26.5 Å². The van der Waals surface area contributed by atoms with E-state index in [1.807, 2.05) is 25.1 Å². The Morgan fingerprint density at radius 2 is 1.90 bits per heavy atom. The third-order valence-corrected chi connectivity index (χ3v) is 8.32. The summed E-state index contributed by atoms with van der Waals surface area (Å²) in [6, 6.07) is 16.3. The first kappa shape index (κ1) is 19.7. The van der Waals surface area contributed by atoms with Gasteiger partial charge >= 0.3 is 5.97 Å². The van der Waals surface area contributed by atoms with Gasteiger partial charge in [0.25, 0.3) is 0 Å². The number of hydrogen-bond donors (Lipinski definition) is 0. The van der Waals surface area contributed by atoms with E-state index in [9.17, 15) is 4.79 Å². The molecule has 0 radical (unpaired) electrons. The number of carbonyl (C=O) groups excluding carboxylic acids is 1. The van der Waals surface area contributed by atoms with E-state index in [4.69, 9.17) is 11.2 Å². The van der Waals surface area contributed by atoms with Crippen LogP contribution in [0.2, 0.25) is 0 Å². The van der Waals surface area contributed by atoms with Gasteiger partial charge in [0.05, 0.1) is 5.56 Å². The molecule has 2 nitrogen and oxygen atoms in total. The highest BCUT2D eigenvalue weighted by molar-refractivity contribution is 7.43. The number of carbonyl (C=O) groups is 1. The molecule has 2 atom stereocenters. The fourth-order valence-corrected chi connectivity index (χ4v) is 6.55. The molecule has 1 fully saturated rings. The van der Waals surface area contributed by atoms with Gasteiger partial charge in [0.2, 0.25) is 0 Å². The molecule has 0 saturated heterocycles. The number of hydrogen-bond acceptors (Lipinski definition) is 2. The molecule has 1 aliphatic carbocycles. The third kappa shape index (κ3) is 3.82. The Morgan fingerprint density at radius 1 is 1.14 bits per heavy atom.